The summed E-state index contributed by atoms with van der Waals surface area (Å²) < 4.78 is 19.4. The van der Waals surface area contributed by atoms with E-state index in [4.69, 9.17) is 4.74 Å². The number of anilines is 2. The van der Waals surface area contributed by atoms with Crippen LogP contribution in [0.15, 0.2) is 36.8 Å². The minimum absolute atomic E-state index is 0.142. The molecule has 24 heavy (non-hydrogen) atoms. The largest absolute Gasteiger partial charge is 0.444 e. The molecule has 3 rings (SSSR count). The van der Waals surface area contributed by atoms with Crippen molar-refractivity contribution in [1.82, 2.24) is 9.97 Å². The fourth-order valence-corrected chi connectivity index (χ4v) is 2.35. The van der Waals surface area contributed by atoms with Crippen LogP contribution in [0.1, 0.15) is 23.7 Å². The zero-order chi connectivity index (χ0) is 17.1. The van der Waals surface area contributed by atoms with Crippen LogP contribution in [-0.2, 0) is 4.74 Å². The number of hydrogen-bond donors (Lipinski definition) is 1. The van der Waals surface area contributed by atoms with Gasteiger partial charge in [0.15, 0.2) is 0 Å². The summed E-state index contributed by atoms with van der Waals surface area (Å²) in [5.74, 6) is -1.09. The first-order valence-corrected chi connectivity index (χ1v) is 7.43. The molecular weight excluding hydrogens is 315 g/mol. The predicted octanol–water partition coefficient (Wildman–Crippen LogP) is 2.60. The minimum atomic E-state index is -0.730. The molecule has 0 saturated carbocycles. The number of nitrogens with zero attached hydrogens (tertiary/aromatic N) is 3. The number of rotatable bonds is 4. The van der Waals surface area contributed by atoms with Crippen molar-refractivity contribution in [3.8, 4) is 0 Å². The lowest BCUT2D eigenvalue weighted by Gasteiger charge is -2.14. The second-order valence-corrected chi connectivity index (χ2v) is 5.24. The Morgan fingerprint density at radius 2 is 2.29 bits per heavy atom. The second-order valence-electron chi connectivity index (χ2n) is 5.24. The van der Waals surface area contributed by atoms with Crippen LogP contribution in [-0.4, -0.2) is 34.6 Å². The van der Waals surface area contributed by atoms with Gasteiger partial charge in [0, 0.05) is 6.20 Å². The summed E-state index contributed by atoms with van der Waals surface area (Å²) in [5, 5.41) is 2.48. The van der Waals surface area contributed by atoms with Crippen LogP contribution >= 0.6 is 0 Å². The van der Waals surface area contributed by atoms with Gasteiger partial charge >= 0.3 is 6.09 Å². The van der Waals surface area contributed by atoms with Crippen molar-refractivity contribution in [1.29, 1.82) is 0 Å². The van der Waals surface area contributed by atoms with E-state index < -0.39 is 17.8 Å². The molecule has 0 aliphatic carbocycles. The van der Waals surface area contributed by atoms with Gasteiger partial charge in [0.05, 0.1) is 17.8 Å². The molecule has 1 atom stereocenters. The monoisotopic (exact) mass is 330 g/mol. The molecule has 2 amide bonds. The molecule has 1 unspecified atom stereocenters. The summed E-state index contributed by atoms with van der Waals surface area (Å²) in [6.07, 6.45) is 2.70. The molecule has 1 fully saturated rings. The van der Waals surface area contributed by atoms with Crippen molar-refractivity contribution >= 4 is 23.5 Å². The van der Waals surface area contributed by atoms with Crippen molar-refractivity contribution in [3.05, 3.63) is 48.2 Å². The van der Waals surface area contributed by atoms with Gasteiger partial charge in [-0.15, -0.1) is 0 Å². The Bertz CT molecular complexity index is 769. The number of halogens is 1. The van der Waals surface area contributed by atoms with Crippen molar-refractivity contribution in [2.75, 3.05) is 16.8 Å². The Hall–Kier alpha value is -3.03. The summed E-state index contributed by atoms with van der Waals surface area (Å²) in [4.78, 5) is 32.8. The lowest BCUT2D eigenvalue weighted by atomic mass is 10.1. The molecule has 1 aliphatic rings. The van der Waals surface area contributed by atoms with Crippen molar-refractivity contribution in [2.24, 2.45) is 0 Å². The van der Waals surface area contributed by atoms with Gasteiger partial charge in [0.25, 0.3) is 5.91 Å². The number of hydrogen-bond acceptors (Lipinski definition) is 5. The van der Waals surface area contributed by atoms with E-state index in [1.807, 2.05) is 6.92 Å². The van der Waals surface area contributed by atoms with E-state index >= 15 is 0 Å². The maximum Gasteiger partial charge on any atom is 0.414 e. The Morgan fingerprint density at radius 1 is 1.46 bits per heavy atom. The Morgan fingerprint density at radius 3 is 2.92 bits per heavy atom. The van der Waals surface area contributed by atoms with E-state index in [-0.39, 0.29) is 17.5 Å². The molecule has 2 heterocycles. The summed E-state index contributed by atoms with van der Waals surface area (Å²) >= 11 is 0. The maximum absolute atomic E-state index is 14.3. The molecule has 7 nitrogen and oxygen atoms in total. The van der Waals surface area contributed by atoms with Crippen LogP contribution in [0.5, 0.6) is 0 Å². The molecule has 1 saturated heterocycles. The maximum atomic E-state index is 14.3. The Balaban J connectivity index is 1.78. The number of ether oxygens (including phenoxy) is 1. The number of carbonyl (C=O) groups is 2. The van der Waals surface area contributed by atoms with Gasteiger partial charge in [0.2, 0.25) is 0 Å². The molecule has 0 bridgehead atoms. The lowest BCUT2D eigenvalue weighted by molar-refractivity contribution is 0.102. The van der Waals surface area contributed by atoms with Gasteiger partial charge < -0.3 is 10.1 Å². The van der Waals surface area contributed by atoms with Gasteiger partial charge in [-0.25, -0.2) is 19.2 Å². The molecule has 0 radical (unpaired) electrons. The summed E-state index contributed by atoms with van der Waals surface area (Å²) in [6, 6.07) is 5.48. The number of nitrogens with one attached hydrogen (secondary N) is 1. The van der Waals surface area contributed by atoms with Crippen LogP contribution in [0, 0.1) is 5.82 Å². The lowest BCUT2D eigenvalue weighted by Crippen LogP contribution is -2.25. The van der Waals surface area contributed by atoms with Crippen molar-refractivity contribution < 1.29 is 18.7 Å². The standard InChI is InChI=1S/C16H15FN4O3/c1-2-11-8-21(16(23)24-11)10-3-4-12(13(17)7-10)15(22)20-14-5-6-18-9-19-14/h3-7,9,11H,2,8H2,1H3,(H,18,19,20,22). The Labute approximate surface area is 137 Å². The Kier molecular flexibility index (Phi) is 4.37. The van der Waals surface area contributed by atoms with Crippen LogP contribution in [0.3, 0.4) is 0 Å². The van der Waals surface area contributed by atoms with Gasteiger partial charge in [-0.3, -0.25) is 9.69 Å². The van der Waals surface area contributed by atoms with Gasteiger partial charge in [-0.05, 0) is 30.7 Å². The predicted molar refractivity (Wildman–Crippen MR) is 84.3 cm³/mol. The molecular formula is C16H15FN4O3. The molecule has 124 valence electrons. The third-order valence-corrected chi connectivity index (χ3v) is 3.66. The molecule has 1 N–H and O–H groups in total. The van der Waals surface area contributed by atoms with Gasteiger partial charge in [-0.1, -0.05) is 6.92 Å². The molecule has 1 aliphatic heterocycles. The first kappa shape index (κ1) is 15.9. The van der Waals surface area contributed by atoms with E-state index in [0.29, 0.717) is 18.7 Å². The van der Waals surface area contributed by atoms with Crippen molar-refractivity contribution in [3.63, 3.8) is 0 Å². The van der Waals surface area contributed by atoms with E-state index in [1.165, 1.54) is 35.6 Å². The average Bonchev–Trinajstić information content (AvgIpc) is 2.96. The minimum Gasteiger partial charge on any atom is -0.444 e. The number of aromatic nitrogens is 2. The molecule has 1 aromatic carbocycles. The number of carbonyl (C=O) groups excluding carboxylic acids is 2. The smallest absolute Gasteiger partial charge is 0.414 e. The summed E-state index contributed by atoms with van der Waals surface area (Å²) in [5.41, 5.74) is 0.212. The van der Waals surface area contributed by atoms with Crippen LogP contribution in [0.4, 0.5) is 20.7 Å². The number of benzene rings is 1. The highest BCUT2D eigenvalue weighted by atomic mass is 19.1. The zero-order valence-electron chi connectivity index (χ0n) is 12.9. The second kappa shape index (κ2) is 6.61. The van der Waals surface area contributed by atoms with Crippen LogP contribution in [0.25, 0.3) is 0 Å². The first-order chi connectivity index (χ1) is 11.6. The summed E-state index contributed by atoms with van der Waals surface area (Å²) in [6.45, 7) is 2.27. The highest BCUT2D eigenvalue weighted by molar-refractivity contribution is 6.04. The van der Waals surface area contributed by atoms with E-state index in [2.05, 4.69) is 15.3 Å². The fraction of sp³-hybridized carbons (Fsp3) is 0.250. The fourth-order valence-electron chi connectivity index (χ4n) is 2.35. The van der Waals surface area contributed by atoms with E-state index in [9.17, 15) is 14.0 Å². The highest BCUT2D eigenvalue weighted by Gasteiger charge is 2.31. The van der Waals surface area contributed by atoms with Crippen LogP contribution in [0.2, 0.25) is 0 Å². The van der Waals surface area contributed by atoms with E-state index in [0.717, 1.165) is 6.07 Å². The zero-order valence-corrected chi connectivity index (χ0v) is 12.9. The molecule has 1 aromatic heterocycles. The normalized spacial score (nSPS) is 16.8. The third kappa shape index (κ3) is 3.17. The van der Waals surface area contributed by atoms with Gasteiger partial charge in [0.1, 0.15) is 24.1 Å². The van der Waals surface area contributed by atoms with Crippen molar-refractivity contribution in [2.45, 2.75) is 19.4 Å². The average molecular weight is 330 g/mol. The number of amides is 2. The highest BCUT2D eigenvalue weighted by Crippen LogP contribution is 2.25. The van der Waals surface area contributed by atoms with Gasteiger partial charge in [-0.2, -0.15) is 0 Å². The third-order valence-electron chi connectivity index (χ3n) is 3.66. The van der Waals surface area contributed by atoms with Crippen LogP contribution < -0.4 is 10.2 Å². The van der Waals surface area contributed by atoms with E-state index in [1.54, 1.807) is 0 Å². The summed E-state index contributed by atoms with van der Waals surface area (Å²) in [7, 11) is 0. The quantitative estimate of drug-likeness (QED) is 0.931. The SMILES string of the molecule is CCC1CN(c2ccc(C(=O)Nc3ccncn3)c(F)c2)C(=O)O1. The molecule has 2 aromatic rings. The topological polar surface area (TPSA) is 84.4 Å². The molecule has 0 spiro atoms. The molecule has 8 heteroatoms. The first-order valence-electron chi connectivity index (χ1n) is 7.43. The number of cyclic esters (lactones) is 1.